The Morgan fingerprint density at radius 1 is 0.846 bits per heavy atom. The molecule has 0 saturated carbocycles. The van der Waals surface area contributed by atoms with Gasteiger partial charge in [0.1, 0.15) is 12.6 Å². The van der Waals surface area contributed by atoms with Crippen molar-refractivity contribution in [3.63, 3.8) is 0 Å². The van der Waals surface area contributed by atoms with Crippen LogP contribution in [0.4, 0.5) is 5.69 Å². The lowest BCUT2D eigenvalue weighted by atomic mass is 10.0. The summed E-state index contributed by atoms with van der Waals surface area (Å²) in [4.78, 5) is 29.2. The molecule has 0 aromatic heterocycles. The van der Waals surface area contributed by atoms with Gasteiger partial charge in [-0.1, -0.05) is 99.6 Å². The van der Waals surface area contributed by atoms with Crippen LogP contribution in [0.5, 0.6) is 0 Å². The topological polar surface area (TPSA) is 86.8 Å². The van der Waals surface area contributed by atoms with Crippen molar-refractivity contribution in [3.8, 4) is 0 Å². The summed E-state index contributed by atoms with van der Waals surface area (Å²) in [5, 5.41) is 2.99. The van der Waals surface area contributed by atoms with E-state index in [1.165, 1.54) is 4.90 Å². The zero-order valence-corrected chi connectivity index (χ0v) is 24.0. The van der Waals surface area contributed by atoms with Crippen LogP contribution in [0.15, 0.2) is 84.9 Å². The van der Waals surface area contributed by atoms with E-state index in [1.54, 1.807) is 12.1 Å². The fourth-order valence-corrected chi connectivity index (χ4v) is 5.28. The number of para-hydroxylation sites is 1. The van der Waals surface area contributed by atoms with Crippen LogP contribution < -0.4 is 9.62 Å². The number of hydrogen-bond acceptors (Lipinski definition) is 4. The molecule has 1 atom stereocenters. The lowest BCUT2D eigenvalue weighted by Crippen LogP contribution is -2.53. The van der Waals surface area contributed by atoms with Crippen molar-refractivity contribution in [1.29, 1.82) is 0 Å². The van der Waals surface area contributed by atoms with E-state index in [0.29, 0.717) is 25.1 Å². The maximum absolute atomic E-state index is 14.1. The van der Waals surface area contributed by atoms with Gasteiger partial charge in [-0.2, -0.15) is 0 Å². The van der Waals surface area contributed by atoms with Crippen molar-refractivity contribution in [1.82, 2.24) is 10.2 Å². The highest BCUT2D eigenvalue weighted by atomic mass is 32.2. The Balaban J connectivity index is 2.04. The van der Waals surface area contributed by atoms with Crippen molar-refractivity contribution in [2.45, 2.75) is 46.2 Å². The molecule has 2 amide bonds. The van der Waals surface area contributed by atoms with Gasteiger partial charge in [0, 0.05) is 19.5 Å². The van der Waals surface area contributed by atoms with Crippen LogP contribution in [0.1, 0.15) is 37.5 Å². The predicted molar refractivity (Wildman–Crippen MR) is 157 cm³/mol. The van der Waals surface area contributed by atoms with Crippen LogP contribution in [-0.4, -0.2) is 50.5 Å². The van der Waals surface area contributed by atoms with E-state index in [1.807, 2.05) is 93.6 Å². The Bertz CT molecular complexity index is 1330. The van der Waals surface area contributed by atoms with E-state index < -0.39 is 28.5 Å². The molecule has 39 heavy (non-hydrogen) atoms. The molecule has 0 saturated heterocycles. The molecule has 0 bridgehead atoms. The Morgan fingerprint density at radius 3 is 1.97 bits per heavy atom. The Labute approximate surface area is 232 Å². The van der Waals surface area contributed by atoms with Gasteiger partial charge in [-0.25, -0.2) is 8.42 Å². The maximum atomic E-state index is 14.1. The summed E-state index contributed by atoms with van der Waals surface area (Å²) >= 11 is 0. The number of carbonyl (C=O) groups is 2. The quantitative estimate of drug-likeness (QED) is 0.342. The summed E-state index contributed by atoms with van der Waals surface area (Å²) in [6.07, 6.45) is 2.01. The molecular weight excluding hydrogens is 510 g/mol. The van der Waals surface area contributed by atoms with Crippen LogP contribution in [0.2, 0.25) is 0 Å². The van der Waals surface area contributed by atoms with Crippen molar-refractivity contribution < 1.29 is 18.0 Å². The molecule has 3 rings (SSSR count). The molecular formula is C31H39N3O4S. The molecule has 7 nitrogen and oxygen atoms in total. The van der Waals surface area contributed by atoms with Crippen LogP contribution in [0, 0.1) is 5.92 Å². The van der Waals surface area contributed by atoms with Crippen LogP contribution in [0.3, 0.4) is 0 Å². The zero-order chi connectivity index (χ0) is 28.4. The first-order valence-corrected chi connectivity index (χ1v) is 15.2. The third kappa shape index (κ3) is 8.68. The zero-order valence-electron chi connectivity index (χ0n) is 23.2. The molecule has 0 unspecified atom stereocenters. The summed E-state index contributed by atoms with van der Waals surface area (Å²) < 4.78 is 27.1. The largest absolute Gasteiger partial charge is 0.354 e. The van der Waals surface area contributed by atoms with Crippen LogP contribution in [-0.2, 0) is 39.0 Å². The third-order valence-electron chi connectivity index (χ3n) is 6.47. The highest BCUT2D eigenvalue weighted by Gasteiger charge is 2.33. The summed E-state index contributed by atoms with van der Waals surface area (Å²) in [6, 6.07) is 25.3. The molecule has 3 aromatic rings. The second-order valence-corrected chi connectivity index (χ2v) is 12.0. The van der Waals surface area contributed by atoms with E-state index in [4.69, 9.17) is 0 Å². The fraction of sp³-hybridized carbons (Fsp3) is 0.355. The summed E-state index contributed by atoms with van der Waals surface area (Å²) in [6.45, 7) is 6.18. The van der Waals surface area contributed by atoms with Gasteiger partial charge in [-0.05, 0) is 35.1 Å². The van der Waals surface area contributed by atoms with Gasteiger partial charge in [-0.15, -0.1) is 0 Å². The van der Waals surface area contributed by atoms with E-state index in [-0.39, 0.29) is 18.4 Å². The second kappa shape index (κ2) is 13.9. The number of anilines is 1. The molecule has 0 heterocycles. The van der Waals surface area contributed by atoms with Gasteiger partial charge >= 0.3 is 0 Å². The Hall–Kier alpha value is -3.65. The number of nitrogens with one attached hydrogen (secondary N) is 1. The monoisotopic (exact) mass is 549 g/mol. The van der Waals surface area contributed by atoms with Crippen LogP contribution >= 0.6 is 0 Å². The second-order valence-electron chi connectivity index (χ2n) is 10.1. The van der Waals surface area contributed by atoms with Gasteiger partial charge in [-0.3, -0.25) is 13.9 Å². The minimum atomic E-state index is -3.79. The molecule has 208 valence electrons. The summed E-state index contributed by atoms with van der Waals surface area (Å²) in [7, 11) is -3.79. The highest BCUT2D eigenvalue weighted by molar-refractivity contribution is 7.92. The van der Waals surface area contributed by atoms with Gasteiger partial charge in [0.25, 0.3) is 0 Å². The van der Waals surface area contributed by atoms with E-state index in [2.05, 4.69) is 5.32 Å². The molecule has 0 fully saturated rings. The summed E-state index contributed by atoms with van der Waals surface area (Å²) in [5.74, 6) is -0.483. The first-order valence-electron chi connectivity index (χ1n) is 13.3. The minimum absolute atomic E-state index is 0.166. The van der Waals surface area contributed by atoms with Crippen molar-refractivity contribution >= 4 is 27.5 Å². The number of rotatable bonds is 13. The molecule has 3 aromatic carbocycles. The number of nitrogens with zero attached hydrogens (tertiary/aromatic N) is 2. The highest BCUT2D eigenvalue weighted by Crippen LogP contribution is 2.24. The third-order valence-corrected chi connectivity index (χ3v) is 7.60. The fourth-order valence-electron chi connectivity index (χ4n) is 4.40. The smallest absolute Gasteiger partial charge is 0.244 e. The maximum Gasteiger partial charge on any atom is 0.244 e. The number of sulfonamides is 1. The number of hydrogen-bond donors (Lipinski definition) is 1. The van der Waals surface area contributed by atoms with Crippen molar-refractivity contribution in [2.75, 3.05) is 23.7 Å². The lowest BCUT2D eigenvalue weighted by molar-refractivity contribution is -0.140. The molecule has 0 spiro atoms. The van der Waals surface area contributed by atoms with E-state index >= 15 is 0 Å². The lowest BCUT2D eigenvalue weighted by Gasteiger charge is -2.34. The van der Waals surface area contributed by atoms with Gasteiger partial charge < -0.3 is 10.2 Å². The molecule has 0 aliphatic carbocycles. The number of aryl methyl sites for hydroxylation is 1. The number of amides is 2. The molecule has 1 N–H and O–H groups in total. The first kappa shape index (κ1) is 29.9. The number of carbonyl (C=O) groups excluding carboxylic acids is 2. The SMILES string of the molecule is CCc1ccccc1N(CC(=O)N(Cc1ccccc1)[C@@H](Cc1ccccc1)C(=O)NCC(C)C)S(C)(=O)=O. The molecule has 0 radical (unpaired) electrons. The summed E-state index contributed by atoms with van der Waals surface area (Å²) in [5.41, 5.74) is 3.05. The predicted octanol–water partition coefficient (Wildman–Crippen LogP) is 4.43. The van der Waals surface area contributed by atoms with Gasteiger partial charge in [0.2, 0.25) is 21.8 Å². The molecule has 0 aliphatic rings. The van der Waals surface area contributed by atoms with E-state index in [0.717, 1.165) is 27.3 Å². The van der Waals surface area contributed by atoms with Crippen LogP contribution in [0.25, 0.3) is 0 Å². The van der Waals surface area contributed by atoms with Gasteiger partial charge in [0.05, 0.1) is 11.9 Å². The normalized spacial score (nSPS) is 12.1. The Kier molecular flexibility index (Phi) is 10.7. The van der Waals surface area contributed by atoms with E-state index in [9.17, 15) is 18.0 Å². The molecule has 0 aliphatic heterocycles. The van der Waals surface area contributed by atoms with Crippen molar-refractivity contribution in [3.05, 3.63) is 102 Å². The Morgan fingerprint density at radius 2 is 1.41 bits per heavy atom. The van der Waals surface area contributed by atoms with Crippen molar-refractivity contribution in [2.24, 2.45) is 5.92 Å². The minimum Gasteiger partial charge on any atom is -0.354 e. The van der Waals surface area contributed by atoms with Gasteiger partial charge in [0.15, 0.2) is 0 Å². The average molecular weight is 550 g/mol. The number of benzene rings is 3. The average Bonchev–Trinajstić information content (AvgIpc) is 2.92. The first-order chi connectivity index (χ1) is 18.6. The standard InChI is InChI=1S/C31H39N3O4S/c1-5-27-18-12-13-19-28(27)34(39(4,37)38)23-30(35)33(22-26-16-10-7-11-17-26)29(31(36)32-21-24(2)3)20-25-14-8-6-9-15-25/h6-19,24,29H,5,20-23H2,1-4H3,(H,32,36)/t29-/m0/s1. The molecule has 8 heteroatoms.